The van der Waals surface area contributed by atoms with E-state index in [0.29, 0.717) is 47.2 Å². The van der Waals surface area contributed by atoms with Gasteiger partial charge in [0.1, 0.15) is 6.23 Å². The van der Waals surface area contributed by atoms with Crippen LogP contribution in [-0.4, -0.2) is 63.2 Å². The van der Waals surface area contributed by atoms with Crippen LogP contribution in [0.15, 0.2) is 36.7 Å². The summed E-state index contributed by atoms with van der Waals surface area (Å²) in [4.78, 5) is 29.9. The molecule has 9 nitrogen and oxygen atoms in total. The van der Waals surface area contributed by atoms with Gasteiger partial charge in [0.15, 0.2) is 17.0 Å². The third-order valence-corrected chi connectivity index (χ3v) is 11.9. The van der Waals surface area contributed by atoms with Crippen molar-refractivity contribution in [1.29, 1.82) is 0 Å². The van der Waals surface area contributed by atoms with Gasteiger partial charge in [0.05, 0.1) is 11.9 Å². The van der Waals surface area contributed by atoms with E-state index in [0.717, 1.165) is 71.1 Å². The molecule has 0 radical (unpaired) electrons. The minimum Gasteiger partial charge on any atom is -0.368 e. The van der Waals surface area contributed by atoms with Crippen LogP contribution in [0.2, 0.25) is 0 Å². The number of fused-ring (bicyclic) bond motifs is 6. The highest BCUT2D eigenvalue weighted by molar-refractivity contribution is 5.83. The summed E-state index contributed by atoms with van der Waals surface area (Å²) in [5, 5.41) is 3.33. The molecule has 2 aliphatic carbocycles. The van der Waals surface area contributed by atoms with Gasteiger partial charge in [-0.05, 0) is 87.2 Å². The highest BCUT2D eigenvalue weighted by atomic mass is 19.1. The molecule has 10 heteroatoms. The van der Waals surface area contributed by atoms with Crippen LogP contribution in [0.3, 0.4) is 0 Å². The number of halogens is 1. The zero-order chi connectivity index (χ0) is 29.3. The highest BCUT2D eigenvalue weighted by Crippen LogP contribution is 2.61. The predicted octanol–water partition coefficient (Wildman–Crippen LogP) is 5.08. The second-order valence-electron chi connectivity index (χ2n) is 14.0. The van der Waals surface area contributed by atoms with Gasteiger partial charge in [0.2, 0.25) is 5.91 Å². The zero-order valence-electron chi connectivity index (χ0n) is 25.2. The maximum Gasteiger partial charge on any atom is 0.312 e. The Hall–Kier alpha value is -3.27. The van der Waals surface area contributed by atoms with E-state index in [1.165, 1.54) is 5.69 Å². The van der Waals surface area contributed by atoms with Crippen molar-refractivity contribution in [3.8, 4) is 0 Å². The second kappa shape index (κ2) is 10.1. The number of carbonyl (C=O) groups is 1. The second-order valence-corrected chi connectivity index (χ2v) is 14.0. The van der Waals surface area contributed by atoms with E-state index < -0.39 is 6.08 Å². The molecule has 43 heavy (non-hydrogen) atoms. The first kappa shape index (κ1) is 27.3. The number of piperazine rings is 1. The van der Waals surface area contributed by atoms with Gasteiger partial charge in [-0.25, -0.2) is 4.98 Å². The Bertz CT molecular complexity index is 1520. The van der Waals surface area contributed by atoms with E-state index in [1.807, 2.05) is 10.6 Å². The highest BCUT2D eigenvalue weighted by Gasteiger charge is 2.59. The fourth-order valence-corrected chi connectivity index (χ4v) is 9.66. The molecule has 0 bridgehead atoms. The molecular formula is C33H42FN7O2. The Kier molecular flexibility index (Phi) is 6.44. The fourth-order valence-electron chi connectivity index (χ4n) is 9.66. The summed E-state index contributed by atoms with van der Waals surface area (Å²) in [7, 11) is 0. The molecule has 228 valence electrons. The Morgan fingerprint density at radius 2 is 1.72 bits per heavy atom. The molecule has 2 aromatic heterocycles. The molecule has 1 amide bonds. The number of aromatic nitrogens is 4. The Morgan fingerprint density at radius 1 is 0.930 bits per heavy atom. The van der Waals surface area contributed by atoms with Gasteiger partial charge >= 0.3 is 6.08 Å². The van der Waals surface area contributed by atoms with Gasteiger partial charge in [0, 0.05) is 44.3 Å². The lowest BCUT2D eigenvalue weighted by molar-refractivity contribution is -0.231. The smallest absolute Gasteiger partial charge is 0.312 e. The zero-order valence-corrected chi connectivity index (χ0v) is 25.2. The van der Waals surface area contributed by atoms with Gasteiger partial charge in [-0.1, -0.05) is 25.1 Å². The summed E-state index contributed by atoms with van der Waals surface area (Å²) in [6.07, 6.45) is 8.70. The molecule has 3 aromatic rings. The Labute approximate surface area is 252 Å². The van der Waals surface area contributed by atoms with Crippen LogP contribution in [0.25, 0.3) is 11.2 Å². The van der Waals surface area contributed by atoms with Gasteiger partial charge in [-0.15, -0.1) is 0 Å². The van der Waals surface area contributed by atoms with Crippen LogP contribution in [-0.2, 0) is 9.53 Å². The number of hydrogen-bond donors (Lipinski definition) is 1. The Balaban J connectivity index is 1.01. The van der Waals surface area contributed by atoms with Crippen molar-refractivity contribution in [2.24, 2.45) is 23.2 Å². The molecule has 5 fully saturated rings. The Morgan fingerprint density at radius 3 is 2.53 bits per heavy atom. The quantitative estimate of drug-likeness (QED) is 0.428. The molecule has 5 aliphatic rings. The van der Waals surface area contributed by atoms with E-state index in [4.69, 9.17) is 9.72 Å². The average molecular weight is 588 g/mol. The molecule has 7 atom stereocenters. The monoisotopic (exact) mass is 587 g/mol. The predicted molar refractivity (Wildman–Crippen MR) is 162 cm³/mol. The third kappa shape index (κ3) is 4.42. The number of para-hydroxylation sites is 1. The van der Waals surface area contributed by atoms with E-state index in [-0.39, 0.29) is 23.2 Å². The van der Waals surface area contributed by atoms with Crippen molar-refractivity contribution in [3.05, 3.63) is 42.7 Å². The van der Waals surface area contributed by atoms with Crippen LogP contribution >= 0.6 is 0 Å². The lowest BCUT2D eigenvalue weighted by atomic mass is 9.48. The largest absolute Gasteiger partial charge is 0.368 e. The summed E-state index contributed by atoms with van der Waals surface area (Å²) < 4.78 is 23.9. The maximum atomic E-state index is 15.0. The molecule has 1 aromatic carbocycles. The van der Waals surface area contributed by atoms with Crippen molar-refractivity contribution in [3.63, 3.8) is 0 Å². The molecule has 1 N–H and O–H groups in total. The van der Waals surface area contributed by atoms with Crippen LogP contribution in [0, 0.1) is 29.2 Å². The minimum atomic E-state index is -0.722. The molecule has 0 spiro atoms. The van der Waals surface area contributed by atoms with Gasteiger partial charge < -0.3 is 19.9 Å². The minimum absolute atomic E-state index is 0.174. The standard InChI is InChI=1S/C33H42FN7O2/c1-32-14-13-26(42)36-25(32)10-8-22-23(32)12-15-33(2)24(22)9-11-27(43-33)41-20-35-28-29(37-31(34)38-30(28)41)40-18-16-39(17-19-40)21-6-4-3-5-7-21/h3-7,20,22-25,27H,8-19H2,1-2H3,(H,36,42)/t22-,23+,24+,25-,27+,32-,33+/m1/s1. The van der Waals surface area contributed by atoms with Gasteiger partial charge in [-0.3, -0.25) is 9.36 Å². The number of nitrogens with one attached hydrogen (secondary N) is 1. The number of anilines is 2. The maximum absolute atomic E-state index is 15.0. The van der Waals surface area contributed by atoms with E-state index in [1.54, 1.807) is 6.33 Å². The van der Waals surface area contributed by atoms with Crippen LogP contribution in [0.5, 0.6) is 0 Å². The van der Waals surface area contributed by atoms with E-state index in [2.05, 4.69) is 63.2 Å². The number of nitrogens with zero attached hydrogens (tertiary/aromatic N) is 6. The molecule has 3 saturated heterocycles. The number of hydrogen-bond acceptors (Lipinski definition) is 7. The van der Waals surface area contributed by atoms with Crippen molar-refractivity contribution < 1.29 is 13.9 Å². The average Bonchev–Trinajstić information content (AvgIpc) is 3.44. The molecule has 2 saturated carbocycles. The first-order valence-corrected chi connectivity index (χ1v) is 16.2. The normalized spacial score (nSPS) is 36.1. The number of imidazole rings is 1. The molecule has 5 heterocycles. The SMILES string of the molecule is C[C@]12CCC(=O)N[C@@H]1CC[C@@H]1[C@@H]2CC[C@]2(C)O[C@H](n3cnc4c(N5CCN(c6ccccc6)CC5)nc(F)nc43)CC[C@@H]12. The number of rotatable bonds is 3. The first-order valence-electron chi connectivity index (χ1n) is 16.2. The van der Waals surface area contributed by atoms with Crippen LogP contribution in [0.1, 0.15) is 71.4 Å². The van der Waals surface area contributed by atoms with Crippen LogP contribution < -0.4 is 15.1 Å². The van der Waals surface area contributed by atoms with Crippen molar-refractivity contribution in [2.45, 2.75) is 83.1 Å². The first-order chi connectivity index (χ1) is 20.8. The summed E-state index contributed by atoms with van der Waals surface area (Å²) in [5.41, 5.74) is 2.28. The molecule has 8 rings (SSSR count). The number of piperidine rings is 1. The van der Waals surface area contributed by atoms with E-state index >= 15 is 0 Å². The fraction of sp³-hybridized carbons (Fsp3) is 0.636. The lowest BCUT2D eigenvalue weighted by Crippen LogP contribution is -2.63. The topological polar surface area (TPSA) is 88.4 Å². The van der Waals surface area contributed by atoms with Gasteiger partial charge in [-0.2, -0.15) is 14.4 Å². The number of ether oxygens (including phenoxy) is 1. The number of amides is 1. The number of benzene rings is 1. The third-order valence-electron chi connectivity index (χ3n) is 11.9. The van der Waals surface area contributed by atoms with Crippen LogP contribution in [0.4, 0.5) is 15.9 Å². The van der Waals surface area contributed by atoms with Crippen molar-refractivity contribution in [1.82, 2.24) is 24.8 Å². The van der Waals surface area contributed by atoms with Crippen molar-refractivity contribution >= 4 is 28.6 Å². The van der Waals surface area contributed by atoms with Gasteiger partial charge in [0.25, 0.3) is 0 Å². The molecule has 0 unspecified atom stereocenters. The molecule has 3 aliphatic heterocycles. The molecular weight excluding hydrogens is 545 g/mol. The van der Waals surface area contributed by atoms with E-state index in [9.17, 15) is 9.18 Å². The lowest BCUT2D eigenvalue weighted by Gasteiger charge is -2.62. The summed E-state index contributed by atoms with van der Waals surface area (Å²) in [6, 6.07) is 10.7. The summed E-state index contributed by atoms with van der Waals surface area (Å²) in [6.45, 7) is 7.85. The van der Waals surface area contributed by atoms with Crippen molar-refractivity contribution in [2.75, 3.05) is 36.0 Å². The summed E-state index contributed by atoms with van der Waals surface area (Å²) in [5.74, 6) is 2.49. The number of carbonyl (C=O) groups excluding carboxylic acids is 1. The summed E-state index contributed by atoms with van der Waals surface area (Å²) >= 11 is 0.